The molecule has 27 heavy (non-hydrogen) atoms. The number of pyridine rings is 2. The molecule has 0 unspecified atom stereocenters. The highest BCUT2D eigenvalue weighted by atomic mass is 35.5. The Kier molecular flexibility index (Phi) is 4.57. The summed E-state index contributed by atoms with van der Waals surface area (Å²) in [6.45, 7) is 3.75. The highest BCUT2D eigenvalue weighted by molar-refractivity contribution is 6.31. The first kappa shape index (κ1) is 18.2. The predicted octanol–water partition coefficient (Wildman–Crippen LogP) is 5.57. The molecule has 138 valence electrons. The minimum Gasteiger partial charge on any atom is -0.280 e. The third-order valence-corrected chi connectivity index (χ3v) is 5.72. The maximum Gasteiger partial charge on any atom is 0.274 e. The Morgan fingerprint density at radius 1 is 1.11 bits per heavy atom. The Morgan fingerprint density at radius 3 is 2.52 bits per heavy atom. The lowest BCUT2D eigenvalue weighted by Crippen LogP contribution is -2.23. The predicted molar refractivity (Wildman–Crippen MR) is 106 cm³/mol. The third kappa shape index (κ3) is 3.28. The van der Waals surface area contributed by atoms with Gasteiger partial charge in [0.25, 0.3) is 5.56 Å². The molecule has 3 nitrogen and oxygen atoms in total. The van der Waals surface area contributed by atoms with Crippen LogP contribution in [-0.4, -0.2) is 9.55 Å². The van der Waals surface area contributed by atoms with Gasteiger partial charge >= 0.3 is 0 Å². The summed E-state index contributed by atoms with van der Waals surface area (Å²) in [5, 5.41) is 0.545. The van der Waals surface area contributed by atoms with E-state index in [0.29, 0.717) is 10.8 Å². The fraction of sp³-hybridized carbons (Fsp3) is 0.238. The summed E-state index contributed by atoms with van der Waals surface area (Å²) in [4.78, 5) is 17.1. The average molecular weight is 403 g/mol. The zero-order valence-electron chi connectivity index (χ0n) is 14.8. The molecule has 6 heteroatoms. The Balaban J connectivity index is 1.74. The monoisotopic (exact) mass is 402 g/mol. The number of aromatic nitrogens is 2. The van der Waals surface area contributed by atoms with E-state index in [1.54, 1.807) is 29.0 Å². The standard InChI is InChI=1S/C21H17Cl2FN2O/c1-11-10-25-19(22)9-18(11)26-12(2)7-17(20(23)21(26)27)16-8-15(16)13-3-5-14(24)6-4-13/h3-7,9-10,15-16H,8H2,1-2H3/t15-,16+/m1/s1. The highest BCUT2D eigenvalue weighted by Gasteiger charge is 2.41. The zero-order valence-corrected chi connectivity index (χ0v) is 16.4. The van der Waals surface area contributed by atoms with Crippen molar-refractivity contribution in [3.05, 3.63) is 91.3 Å². The van der Waals surface area contributed by atoms with E-state index in [-0.39, 0.29) is 28.2 Å². The molecule has 1 aliphatic carbocycles. The first-order chi connectivity index (χ1) is 12.9. The van der Waals surface area contributed by atoms with Crippen LogP contribution in [0.3, 0.4) is 0 Å². The van der Waals surface area contributed by atoms with Crippen LogP contribution in [0.4, 0.5) is 4.39 Å². The van der Waals surface area contributed by atoms with Gasteiger partial charge in [-0.05, 0) is 73.1 Å². The van der Waals surface area contributed by atoms with Gasteiger partial charge in [-0.2, -0.15) is 0 Å². The fourth-order valence-electron chi connectivity index (χ4n) is 3.65. The third-order valence-electron chi connectivity index (χ3n) is 5.13. The van der Waals surface area contributed by atoms with Gasteiger partial charge in [0.05, 0.1) is 5.69 Å². The van der Waals surface area contributed by atoms with Gasteiger partial charge in [-0.3, -0.25) is 9.36 Å². The number of nitrogens with zero attached hydrogens (tertiary/aromatic N) is 2. The SMILES string of the molecule is Cc1cnc(Cl)cc1-n1c(C)cc([C@H]2C[C@@H]2c2ccc(F)cc2)c(Cl)c1=O. The summed E-state index contributed by atoms with van der Waals surface area (Å²) in [5.41, 5.74) is 3.95. The van der Waals surface area contributed by atoms with Crippen LogP contribution in [0, 0.1) is 19.7 Å². The Morgan fingerprint density at radius 2 is 1.81 bits per heavy atom. The van der Waals surface area contributed by atoms with Crippen LogP contribution in [0.1, 0.15) is 40.6 Å². The first-order valence-electron chi connectivity index (χ1n) is 8.67. The van der Waals surface area contributed by atoms with Crippen molar-refractivity contribution in [2.75, 3.05) is 0 Å². The molecule has 0 radical (unpaired) electrons. The number of hydrogen-bond donors (Lipinski definition) is 0. The molecule has 0 saturated heterocycles. The lowest BCUT2D eigenvalue weighted by Gasteiger charge is -2.15. The normalized spacial score (nSPS) is 18.6. The molecule has 0 aliphatic heterocycles. The fourth-order valence-corrected chi connectivity index (χ4v) is 4.08. The van der Waals surface area contributed by atoms with E-state index >= 15 is 0 Å². The van der Waals surface area contributed by atoms with Crippen LogP contribution in [0.25, 0.3) is 5.69 Å². The van der Waals surface area contributed by atoms with Crippen LogP contribution >= 0.6 is 23.2 Å². The molecule has 0 N–H and O–H groups in total. The minimum atomic E-state index is -0.262. The van der Waals surface area contributed by atoms with Crippen molar-refractivity contribution in [1.29, 1.82) is 0 Å². The average Bonchev–Trinajstić information content (AvgIpc) is 3.42. The molecule has 0 spiro atoms. The van der Waals surface area contributed by atoms with Gasteiger partial charge in [0, 0.05) is 11.9 Å². The van der Waals surface area contributed by atoms with Gasteiger partial charge in [0.2, 0.25) is 0 Å². The van der Waals surface area contributed by atoms with Gasteiger partial charge < -0.3 is 0 Å². The van der Waals surface area contributed by atoms with Crippen LogP contribution in [0.15, 0.2) is 47.4 Å². The molecule has 2 heterocycles. The van der Waals surface area contributed by atoms with Crippen molar-refractivity contribution in [3.63, 3.8) is 0 Å². The summed E-state index contributed by atoms with van der Waals surface area (Å²) >= 11 is 12.5. The molecule has 1 saturated carbocycles. The van der Waals surface area contributed by atoms with Crippen LogP contribution < -0.4 is 5.56 Å². The van der Waals surface area contributed by atoms with E-state index in [2.05, 4.69) is 4.98 Å². The van der Waals surface area contributed by atoms with Crippen molar-refractivity contribution < 1.29 is 4.39 Å². The Bertz CT molecular complexity index is 1090. The lowest BCUT2D eigenvalue weighted by atomic mass is 10.0. The molecular weight excluding hydrogens is 386 g/mol. The van der Waals surface area contributed by atoms with Crippen molar-refractivity contribution in [2.45, 2.75) is 32.1 Å². The van der Waals surface area contributed by atoms with Crippen LogP contribution in [-0.2, 0) is 0 Å². The van der Waals surface area contributed by atoms with E-state index in [9.17, 15) is 9.18 Å². The number of rotatable bonds is 3. The molecule has 0 amide bonds. The van der Waals surface area contributed by atoms with E-state index in [1.807, 2.05) is 19.9 Å². The Labute approximate surface area is 166 Å². The molecule has 4 rings (SSSR count). The topological polar surface area (TPSA) is 34.9 Å². The maximum absolute atomic E-state index is 13.1. The van der Waals surface area contributed by atoms with Gasteiger partial charge in [-0.1, -0.05) is 35.3 Å². The van der Waals surface area contributed by atoms with Gasteiger partial charge in [-0.15, -0.1) is 0 Å². The molecular formula is C21H17Cl2FN2O. The van der Waals surface area contributed by atoms with Gasteiger partial charge in [0.1, 0.15) is 16.0 Å². The number of halogens is 3. The van der Waals surface area contributed by atoms with Crippen molar-refractivity contribution in [3.8, 4) is 5.69 Å². The molecule has 1 fully saturated rings. The number of benzene rings is 1. The summed E-state index contributed by atoms with van der Waals surface area (Å²) in [6, 6.07) is 10.1. The van der Waals surface area contributed by atoms with Crippen LogP contribution in [0.2, 0.25) is 10.2 Å². The molecule has 3 aromatic rings. The molecule has 1 aliphatic rings. The molecule has 2 aromatic heterocycles. The van der Waals surface area contributed by atoms with Gasteiger partial charge in [-0.25, -0.2) is 9.37 Å². The minimum absolute atomic E-state index is 0.172. The second-order valence-corrected chi connectivity index (χ2v) is 7.75. The quantitative estimate of drug-likeness (QED) is 0.537. The zero-order chi connectivity index (χ0) is 19.3. The van der Waals surface area contributed by atoms with E-state index < -0.39 is 0 Å². The lowest BCUT2D eigenvalue weighted by molar-refractivity contribution is 0.627. The molecule has 1 aromatic carbocycles. The summed E-state index contributed by atoms with van der Waals surface area (Å²) in [7, 11) is 0. The summed E-state index contributed by atoms with van der Waals surface area (Å²) in [6.07, 6.45) is 2.53. The summed E-state index contributed by atoms with van der Waals surface area (Å²) in [5.74, 6) is 0.180. The highest BCUT2D eigenvalue weighted by Crippen LogP contribution is 2.55. The van der Waals surface area contributed by atoms with E-state index in [0.717, 1.165) is 28.8 Å². The smallest absolute Gasteiger partial charge is 0.274 e. The largest absolute Gasteiger partial charge is 0.280 e. The first-order valence-corrected chi connectivity index (χ1v) is 9.42. The molecule has 0 bridgehead atoms. The van der Waals surface area contributed by atoms with Crippen molar-refractivity contribution in [2.24, 2.45) is 0 Å². The van der Waals surface area contributed by atoms with E-state index in [4.69, 9.17) is 23.2 Å². The Hall–Kier alpha value is -2.17. The number of hydrogen-bond acceptors (Lipinski definition) is 2. The van der Waals surface area contributed by atoms with Crippen LogP contribution in [0.5, 0.6) is 0 Å². The second kappa shape index (κ2) is 6.77. The number of aryl methyl sites for hydroxylation is 2. The van der Waals surface area contributed by atoms with Crippen molar-refractivity contribution >= 4 is 23.2 Å². The summed E-state index contributed by atoms with van der Waals surface area (Å²) < 4.78 is 14.7. The van der Waals surface area contributed by atoms with E-state index in [1.165, 1.54) is 12.1 Å². The second-order valence-electron chi connectivity index (χ2n) is 6.99. The maximum atomic E-state index is 13.1. The van der Waals surface area contributed by atoms with Gasteiger partial charge in [0.15, 0.2) is 0 Å². The molecule has 2 atom stereocenters. The van der Waals surface area contributed by atoms with Crippen molar-refractivity contribution in [1.82, 2.24) is 9.55 Å².